The SMILES string of the molecule is CC1=C(C)NN=C(c2ccc(CNC(=O)C(C)C)cc2)C(C)C1. The number of amides is 1. The number of carbonyl (C=O) groups is 1. The first-order chi connectivity index (χ1) is 10.9. The molecule has 124 valence electrons. The maximum Gasteiger partial charge on any atom is 0.222 e. The van der Waals surface area contributed by atoms with Gasteiger partial charge < -0.3 is 5.32 Å². The van der Waals surface area contributed by atoms with Gasteiger partial charge in [-0.05, 0) is 31.4 Å². The van der Waals surface area contributed by atoms with Crippen molar-refractivity contribution in [2.75, 3.05) is 0 Å². The number of hydrogen-bond acceptors (Lipinski definition) is 3. The Hall–Kier alpha value is -2.10. The van der Waals surface area contributed by atoms with Crippen LogP contribution in [-0.4, -0.2) is 11.6 Å². The molecule has 1 unspecified atom stereocenters. The van der Waals surface area contributed by atoms with Crippen LogP contribution in [0.2, 0.25) is 0 Å². The lowest BCUT2D eigenvalue weighted by molar-refractivity contribution is -0.124. The van der Waals surface area contributed by atoms with E-state index in [0.29, 0.717) is 12.5 Å². The number of benzene rings is 1. The number of allylic oxidation sites excluding steroid dienone is 2. The van der Waals surface area contributed by atoms with Crippen molar-refractivity contribution < 1.29 is 4.79 Å². The minimum Gasteiger partial charge on any atom is -0.352 e. The van der Waals surface area contributed by atoms with Crippen LogP contribution in [0.15, 0.2) is 40.6 Å². The van der Waals surface area contributed by atoms with E-state index in [1.807, 2.05) is 13.8 Å². The number of hydrogen-bond donors (Lipinski definition) is 2. The molecule has 0 aliphatic carbocycles. The average molecular weight is 313 g/mol. The summed E-state index contributed by atoms with van der Waals surface area (Å²) >= 11 is 0. The molecule has 1 aromatic carbocycles. The first kappa shape index (κ1) is 17.3. The van der Waals surface area contributed by atoms with Crippen molar-refractivity contribution in [1.82, 2.24) is 10.7 Å². The lowest BCUT2D eigenvalue weighted by Gasteiger charge is -2.13. The number of carbonyl (C=O) groups excluding carboxylic acids is 1. The minimum atomic E-state index is 0.0144. The van der Waals surface area contributed by atoms with Crippen LogP contribution < -0.4 is 10.7 Å². The molecule has 1 heterocycles. The number of nitrogens with one attached hydrogen (secondary N) is 2. The van der Waals surface area contributed by atoms with Gasteiger partial charge >= 0.3 is 0 Å². The number of rotatable bonds is 4. The van der Waals surface area contributed by atoms with Crippen LogP contribution in [0.3, 0.4) is 0 Å². The number of hydrazone groups is 1. The number of nitrogens with zero attached hydrogens (tertiary/aromatic N) is 1. The Bertz CT molecular complexity index is 627. The van der Waals surface area contributed by atoms with E-state index in [1.54, 1.807) is 0 Å². The molecule has 2 rings (SSSR count). The zero-order chi connectivity index (χ0) is 17.0. The van der Waals surface area contributed by atoms with E-state index < -0.39 is 0 Å². The third-order valence-corrected chi connectivity index (χ3v) is 4.30. The fourth-order valence-electron chi connectivity index (χ4n) is 2.59. The summed E-state index contributed by atoms with van der Waals surface area (Å²) in [6.45, 7) is 10.8. The van der Waals surface area contributed by atoms with E-state index in [-0.39, 0.29) is 11.8 Å². The van der Waals surface area contributed by atoms with Gasteiger partial charge in [0.15, 0.2) is 0 Å². The van der Waals surface area contributed by atoms with Gasteiger partial charge in [-0.25, -0.2) is 0 Å². The lowest BCUT2D eigenvalue weighted by atomic mass is 9.92. The van der Waals surface area contributed by atoms with E-state index in [9.17, 15) is 4.79 Å². The molecule has 23 heavy (non-hydrogen) atoms. The summed E-state index contributed by atoms with van der Waals surface area (Å²) < 4.78 is 0. The van der Waals surface area contributed by atoms with Gasteiger partial charge in [0.1, 0.15) is 0 Å². The monoisotopic (exact) mass is 313 g/mol. The highest BCUT2D eigenvalue weighted by Crippen LogP contribution is 2.22. The van der Waals surface area contributed by atoms with Crippen molar-refractivity contribution in [3.63, 3.8) is 0 Å². The van der Waals surface area contributed by atoms with Crippen molar-refractivity contribution >= 4 is 11.6 Å². The molecule has 2 N–H and O–H groups in total. The average Bonchev–Trinajstić information content (AvgIpc) is 2.64. The molecule has 4 nitrogen and oxygen atoms in total. The summed E-state index contributed by atoms with van der Waals surface area (Å²) in [6.07, 6.45) is 1.02. The lowest BCUT2D eigenvalue weighted by Crippen LogP contribution is -2.27. The summed E-state index contributed by atoms with van der Waals surface area (Å²) in [5, 5.41) is 7.51. The molecule has 0 bridgehead atoms. The maximum atomic E-state index is 11.6. The predicted molar refractivity (Wildman–Crippen MR) is 95.0 cm³/mol. The van der Waals surface area contributed by atoms with Gasteiger partial charge in [0.25, 0.3) is 0 Å². The molecule has 0 fully saturated rings. The summed E-state index contributed by atoms with van der Waals surface area (Å²) in [4.78, 5) is 11.6. The zero-order valence-corrected chi connectivity index (χ0v) is 14.7. The molecule has 0 radical (unpaired) electrons. The molecule has 0 saturated carbocycles. The van der Waals surface area contributed by atoms with Crippen LogP contribution in [0.4, 0.5) is 0 Å². The van der Waals surface area contributed by atoms with Gasteiger partial charge in [-0.15, -0.1) is 0 Å². The van der Waals surface area contributed by atoms with Crippen LogP contribution in [0.25, 0.3) is 0 Å². The largest absolute Gasteiger partial charge is 0.352 e. The van der Waals surface area contributed by atoms with Gasteiger partial charge in [-0.3, -0.25) is 10.2 Å². The van der Waals surface area contributed by atoms with Crippen molar-refractivity contribution in [2.24, 2.45) is 16.9 Å². The van der Waals surface area contributed by atoms with Gasteiger partial charge in [0.05, 0.1) is 5.71 Å². The van der Waals surface area contributed by atoms with E-state index in [2.05, 4.69) is 60.9 Å². The second-order valence-electron chi connectivity index (χ2n) is 6.69. The summed E-state index contributed by atoms with van der Waals surface area (Å²) in [6, 6.07) is 8.29. The van der Waals surface area contributed by atoms with Crippen molar-refractivity contribution in [2.45, 2.75) is 47.6 Å². The molecule has 1 aromatic rings. The van der Waals surface area contributed by atoms with Gasteiger partial charge in [0.2, 0.25) is 5.91 Å². The topological polar surface area (TPSA) is 53.5 Å². The Balaban J connectivity index is 2.06. The second-order valence-corrected chi connectivity index (χ2v) is 6.69. The van der Waals surface area contributed by atoms with Crippen LogP contribution in [0.1, 0.15) is 52.2 Å². The third-order valence-electron chi connectivity index (χ3n) is 4.30. The Morgan fingerprint density at radius 1 is 1.30 bits per heavy atom. The first-order valence-corrected chi connectivity index (χ1v) is 8.25. The fraction of sp³-hybridized carbons (Fsp3) is 0.474. The highest BCUT2D eigenvalue weighted by atomic mass is 16.1. The Morgan fingerprint density at radius 2 is 1.96 bits per heavy atom. The fourth-order valence-corrected chi connectivity index (χ4v) is 2.59. The zero-order valence-electron chi connectivity index (χ0n) is 14.7. The molecule has 1 amide bonds. The summed E-state index contributed by atoms with van der Waals surface area (Å²) in [5.41, 5.74) is 8.95. The van der Waals surface area contributed by atoms with Crippen molar-refractivity contribution in [1.29, 1.82) is 0 Å². The van der Waals surface area contributed by atoms with Crippen LogP contribution in [-0.2, 0) is 11.3 Å². The first-order valence-electron chi connectivity index (χ1n) is 8.25. The highest BCUT2D eigenvalue weighted by Gasteiger charge is 2.17. The van der Waals surface area contributed by atoms with Crippen LogP contribution >= 0.6 is 0 Å². The van der Waals surface area contributed by atoms with Gasteiger partial charge in [0, 0.05) is 24.1 Å². The van der Waals surface area contributed by atoms with Crippen molar-refractivity contribution in [3.8, 4) is 0 Å². The summed E-state index contributed by atoms with van der Waals surface area (Å²) in [7, 11) is 0. The Labute approximate surface area is 139 Å². The quantitative estimate of drug-likeness (QED) is 0.892. The van der Waals surface area contributed by atoms with Crippen LogP contribution in [0, 0.1) is 11.8 Å². The van der Waals surface area contributed by atoms with E-state index >= 15 is 0 Å². The highest BCUT2D eigenvalue weighted by molar-refractivity contribution is 6.02. The molecular formula is C19H27N3O. The second kappa shape index (κ2) is 7.44. The predicted octanol–water partition coefficient (Wildman–Crippen LogP) is 3.59. The smallest absolute Gasteiger partial charge is 0.222 e. The third kappa shape index (κ3) is 4.44. The Morgan fingerprint density at radius 3 is 2.57 bits per heavy atom. The Kier molecular flexibility index (Phi) is 5.59. The minimum absolute atomic E-state index is 0.0144. The molecular weight excluding hydrogens is 286 g/mol. The summed E-state index contributed by atoms with van der Waals surface area (Å²) in [5.74, 6) is 0.476. The maximum absolute atomic E-state index is 11.6. The molecule has 1 aliphatic rings. The van der Waals surface area contributed by atoms with E-state index in [1.165, 1.54) is 5.57 Å². The standard InChI is InChI=1S/C19H27N3O/c1-12(2)19(23)20-11-16-6-8-17(9-7-16)18-14(4)10-13(3)15(5)21-22-18/h6-9,12,14,21H,10-11H2,1-5H3,(H,20,23). The molecule has 0 saturated heterocycles. The molecule has 4 heteroatoms. The molecule has 1 aliphatic heterocycles. The van der Waals surface area contributed by atoms with Gasteiger partial charge in [-0.1, -0.05) is 50.6 Å². The van der Waals surface area contributed by atoms with Gasteiger partial charge in [-0.2, -0.15) is 5.10 Å². The molecule has 1 atom stereocenters. The normalized spacial score (nSPS) is 18.3. The van der Waals surface area contributed by atoms with E-state index in [4.69, 9.17) is 0 Å². The van der Waals surface area contributed by atoms with E-state index in [0.717, 1.165) is 29.0 Å². The van der Waals surface area contributed by atoms with Crippen LogP contribution in [0.5, 0.6) is 0 Å². The van der Waals surface area contributed by atoms with Crippen molar-refractivity contribution in [3.05, 3.63) is 46.7 Å². The molecule has 0 spiro atoms. The molecule has 0 aromatic heterocycles.